The molecule has 0 amide bonds. The lowest BCUT2D eigenvalue weighted by Gasteiger charge is -2.11. The van der Waals surface area contributed by atoms with Crippen LogP contribution < -0.4 is 16.1 Å². The third-order valence-electron chi connectivity index (χ3n) is 1.89. The van der Waals surface area contributed by atoms with Crippen LogP contribution in [0.25, 0.3) is 0 Å². The fourth-order valence-corrected chi connectivity index (χ4v) is 1.14. The van der Waals surface area contributed by atoms with Gasteiger partial charge in [-0.3, -0.25) is 0 Å². The van der Waals surface area contributed by atoms with E-state index in [1.54, 1.807) is 13.1 Å². The van der Waals surface area contributed by atoms with Crippen LogP contribution in [-0.2, 0) is 0 Å². The molecule has 78 valence electrons. The Morgan fingerprint density at radius 1 is 1.57 bits per heavy atom. The monoisotopic (exact) mass is 198 g/mol. The number of aromatic hydroxyl groups is 1. The lowest BCUT2D eigenvalue weighted by atomic mass is 10.1. The first-order chi connectivity index (χ1) is 6.69. The molecule has 0 aromatic heterocycles. The second-order valence-electron chi connectivity index (χ2n) is 2.92. The van der Waals surface area contributed by atoms with Crippen LogP contribution in [-0.4, -0.2) is 23.8 Å². The lowest BCUT2D eigenvalue weighted by molar-refractivity contribution is 0.177. The van der Waals surface area contributed by atoms with Gasteiger partial charge in [0.1, 0.15) is 0 Å². The predicted molar refractivity (Wildman–Crippen MR) is 51.8 cm³/mol. The van der Waals surface area contributed by atoms with E-state index in [0.717, 1.165) is 0 Å². The summed E-state index contributed by atoms with van der Waals surface area (Å²) < 4.78 is 0. The van der Waals surface area contributed by atoms with Gasteiger partial charge >= 0.3 is 0 Å². The van der Waals surface area contributed by atoms with Gasteiger partial charge in [0.2, 0.25) is 0 Å². The SMILES string of the molecule is CNCC(O)c1ccc(O)c(ON)c1. The first-order valence-corrected chi connectivity index (χ1v) is 4.21. The summed E-state index contributed by atoms with van der Waals surface area (Å²) in [7, 11) is 1.74. The van der Waals surface area contributed by atoms with Gasteiger partial charge in [0.05, 0.1) is 6.10 Å². The molecule has 1 atom stereocenters. The first kappa shape index (κ1) is 10.8. The summed E-state index contributed by atoms with van der Waals surface area (Å²) in [6.45, 7) is 0.425. The van der Waals surface area contributed by atoms with Crippen LogP contribution in [0.1, 0.15) is 11.7 Å². The van der Waals surface area contributed by atoms with E-state index in [1.807, 2.05) is 0 Å². The third-order valence-corrected chi connectivity index (χ3v) is 1.89. The molecule has 0 saturated heterocycles. The molecule has 1 aromatic rings. The molecular weight excluding hydrogens is 184 g/mol. The van der Waals surface area contributed by atoms with Crippen molar-refractivity contribution >= 4 is 0 Å². The quantitative estimate of drug-likeness (QED) is 0.507. The number of benzene rings is 1. The summed E-state index contributed by atoms with van der Waals surface area (Å²) in [4.78, 5) is 4.43. The van der Waals surface area contributed by atoms with E-state index in [4.69, 9.17) is 5.90 Å². The van der Waals surface area contributed by atoms with Crippen LogP contribution in [0.3, 0.4) is 0 Å². The Kier molecular flexibility index (Phi) is 3.70. The van der Waals surface area contributed by atoms with E-state index >= 15 is 0 Å². The molecule has 0 aliphatic heterocycles. The van der Waals surface area contributed by atoms with Crippen molar-refractivity contribution in [3.8, 4) is 11.5 Å². The van der Waals surface area contributed by atoms with Gasteiger partial charge in [0.15, 0.2) is 11.5 Å². The molecular formula is C9H14N2O3. The zero-order chi connectivity index (χ0) is 10.6. The number of likely N-dealkylation sites (N-methyl/N-ethyl adjacent to an activating group) is 1. The maximum atomic E-state index is 9.59. The Morgan fingerprint density at radius 3 is 2.86 bits per heavy atom. The molecule has 0 radical (unpaired) electrons. The van der Waals surface area contributed by atoms with Crippen molar-refractivity contribution in [1.29, 1.82) is 0 Å². The number of aliphatic hydroxyl groups excluding tert-OH is 1. The van der Waals surface area contributed by atoms with Crippen molar-refractivity contribution < 1.29 is 15.1 Å². The van der Waals surface area contributed by atoms with Crippen molar-refractivity contribution in [3.63, 3.8) is 0 Å². The van der Waals surface area contributed by atoms with E-state index in [-0.39, 0.29) is 11.5 Å². The molecule has 0 fully saturated rings. The van der Waals surface area contributed by atoms with Crippen molar-refractivity contribution in [2.45, 2.75) is 6.10 Å². The molecule has 0 heterocycles. The van der Waals surface area contributed by atoms with Crippen molar-refractivity contribution in [2.75, 3.05) is 13.6 Å². The topological polar surface area (TPSA) is 87.7 Å². The van der Waals surface area contributed by atoms with E-state index in [0.29, 0.717) is 12.1 Å². The molecule has 0 spiro atoms. The largest absolute Gasteiger partial charge is 0.504 e. The van der Waals surface area contributed by atoms with E-state index in [2.05, 4.69) is 10.2 Å². The van der Waals surface area contributed by atoms with Gasteiger partial charge in [-0.1, -0.05) is 6.07 Å². The zero-order valence-electron chi connectivity index (χ0n) is 7.90. The number of aliphatic hydroxyl groups is 1. The molecule has 1 rings (SSSR count). The van der Waals surface area contributed by atoms with Gasteiger partial charge in [0.25, 0.3) is 0 Å². The van der Waals surface area contributed by atoms with Gasteiger partial charge in [-0.15, -0.1) is 0 Å². The van der Waals surface area contributed by atoms with Crippen LogP contribution in [0, 0.1) is 0 Å². The van der Waals surface area contributed by atoms with E-state index < -0.39 is 6.10 Å². The number of phenols is 1. The molecule has 1 aromatic carbocycles. The summed E-state index contributed by atoms with van der Waals surface area (Å²) in [5, 5.41) is 21.7. The van der Waals surface area contributed by atoms with Crippen molar-refractivity contribution in [3.05, 3.63) is 23.8 Å². The number of phenolic OH excluding ortho intramolecular Hbond substituents is 1. The summed E-state index contributed by atoms with van der Waals surface area (Å²) in [6.07, 6.45) is -0.644. The van der Waals surface area contributed by atoms with Crippen LogP contribution in [0.5, 0.6) is 11.5 Å². The molecule has 5 heteroatoms. The van der Waals surface area contributed by atoms with Crippen molar-refractivity contribution in [1.82, 2.24) is 5.32 Å². The van der Waals surface area contributed by atoms with Crippen LogP contribution in [0.2, 0.25) is 0 Å². The molecule has 5 N–H and O–H groups in total. The normalized spacial score (nSPS) is 12.5. The van der Waals surface area contributed by atoms with Gasteiger partial charge in [-0.2, -0.15) is 5.90 Å². The Balaban J connectivity index is 2.88. The second-order valence-corrected chi connectivity index (χ2v) is 2.92. The van der Waals surface area contributed by atoms with Gasteiger partial charge < -0.3 is 20.4 Å². The number of nitrogens with two attached hydrogens (primary N) is 1. The van der Waals surface area contributed by atoms with Gasteiger partial charge in [-0.05, 0) is 24.7 Å². The second kappa shape index (κ2) is 4.80. The molecule has 0 bridgehead atoms. The maximum absolute atomic E-state index is 9.59. The smallest absolute Gasteiger partial charge is 0.188 e. The van der Waals surface area contributed by atoms with Gasteiger partial charge in [-0.25, -0.2) is 0 Å². The van der Waals surface area contributed by atoms with E-state index in [1.165, 1.54) is 12.1 Å². The highest BCUT2D eigenvalue weighted by Crippen LogP contribution is 2.28. The standard InChI is InChI=1S/C9H14N2O3/c1-11-5-8(13)6-2-3-7(12)9(4-6)14-10/h2-4,8,11-13H,5,10H2,1H3. The Labute approximate surface area is 82.1 Å². The summed E-state index contributed by atoms with van der Waals surface area (Å²) >= 11 is 0. The number of rotatable bonds is 4. The summed E-state index contributed by atoms with van der Waals surface area (Å²) in [5.74, 6) is 5.04. The third kappa shape index (κ3) is 2.35. The lowest BCUT2D eigenvalue weighted by Crippen LogP contribution is -2.16. The van der Waals surface area contributed by atoms with Crippen LogP contribution in [0.4, 0.5) is 0 Å². The highest BCUT2D eigenvalue weighted by Gasteiger charge is 2.09. The maximum Gasteiger partial charge on any atom is 0.188 e. The molecule has 0 aliphatic rings. The molecule has 14 heavy (non-hydrogen) atoms. The average Bonchev–Trinajstić information content (AvgIpc) is 2.19. The highest BCUT2D eigenvalue weighted by molar-refractivity contribution is 5.42. The minimum atomic E-state index is -0.644. The Morgan fingerprint density at radius 2 is 2.29 bits per heavy atom. The van der Waals surface area contributed by atoms with E-state index in [9.17, 15) is 10.2 Å². The first-order valence-electron chi connectivity index (χ1n) is 4.21. The highest BCUT2D eigenvalue weighted by atomic mass is 16.6. The number of hydrogen-bond donors (Lipinski definition) is 4. The van der Waals surface area contributed by atoms with Gasteiger partial charge in [0, 0.05) is 6.54 Å². The zero-order valence-corrected chi connectivity index (χ0v) is 7.90. The Hall–Kier alpha value is -1.30. The number of hydrogen-bond acceptors (Lipinski definition) is 5. The average molecular weight is 198 g/mol. The van der Waals surface area contributed by atoms with Crippen LogP contribution >= 0.6 is 0 Å². The van der Waals surface area contributed by atoms with Crippen LogP contribution in [0.15, 0.2) is 18.2 Å². The predicted octanol–water partition coefficient (Wildman–Crippen LogP) is -0.102. The van der Waals surface area contributed by atoms with Crippen molar-refractivity contribution in [2.24, 2.45) is 5.90 Å². The molecule has 0 saturated carbocycles. The number of nitrogens with one attached hydrogen (secondary N) is 1. The molecule has 5 nitrogen and oxygen atoms in total. The minimum Gasteiger partial charge on any atom is -0.504 e. The fraction of sp³-hybridized carbons (Fsp3) is 0.333. The molecule has 0 aliphatic carbocycles. The Bertz CT molecular complexity index is 304. The summed E-state index contributed by atoms with van der Waals surface area (Å²) in [5.41, 5.74) is 0.637. The fourth-order valence-electron chi connectivity index (χ4n) is 1.14. The summed E-state index contributed by atoms with van der Waals surface area (Å²) in [6, 6.07) is 4.54. The minimum absolute atomic E-state index is 0.0482. The molecule has 1 unspecified atom stereocenters.